The van der Waals surface area contributed by atoms with E-state index in [4.69, 9.17) is 11.6 Å². The smallest absolute Gasteiger partial charge is 0.252 e. The van der Waals surface area contributed by atoms with Crippen molar-refractivity contribution >= 4 is 28.4 Å². The molecule has 0 fully saturated rings. The second kappa shape index (κ2) is 5.26. The van der Waals surface area contributed by atoms with Crippen LogP contribution in [-0.4, -0.2) is 21.0 Å². The summed E-state index contributed by atoms with van der Waals surface area (Å²) in [4.78, 5) is 20.2. The lowest BCUT2D eigenvalue weighted by Gasteiger charge is -2.07. The number of aromatic nitrogens is 3. The van der Waals surface area contributed by atoms with Crippen molar-refractivity contribution in [3.05, 3.63) is 53.3 Å². The second-order valence-electron chi connectivity index (χ2n) is 4.04. The van der Waals surface area contributed by atoms with Gasteiger partial charge in [-0.15, -0.1) is 0 Å². The third-order valence-electron chi connectivity index (χ3n) is 2.74. The molecule has 1 aromatic carbocycles. The van der Waals surface area contributed by atoms with E-state index < -0.39 is 0 Å². The maximum Gasteiger partial charge on any atom is 0.252 e. The Kier molecular flexibility index (Phi) is 3.30. The van der Waals surface area contributed by atoms with E-state index in [0.29, 0.717) is 16.9 Å². The number of hydrogen-bond donors (Lipinski definition) is 1. The Morgan fingerprint density at radius 3 is 3.00 bits per heavy atom. The molecule has 3 rings (SSSR count). The molecule has 1 N–H and O–H groups in total. The van der Waals surface area contributed by atoms with Crippen LogP contribution < -0.4 is 5.32 Å². The van der Waals surface area contributed by atoms with Gasteiger partial charge >= 0.3 is 0 Å². The number of fused-ring (bicyclic) bond motifs is 1. The quantitative estimate of drug-likeness (QED) is 0.747. The lowest BCUT2D eigenvalue weighted by molar-refractivity contribution is 0.0951. The molecule has 3 aromatic rings. The predicted molar refractivity (Wildman–Crippen MR) is 72.2 cm³/mol. The summed E-state index contributed by atoms with van der Waals surface area (Å²) in [6.07, 6.45) is 1.21. The van der Waals surface area contributed by atoms with E-state index in [1.165, 1.54) is 12.5 Å². The molecule has 0 radical (unpaired) electrons. The highest BCUT2D eigenvalue weighted by Crippen LogP contribution is 2.20. The standard InChI is InChI=1S/C13H9ClN4O2/c14-11-5-9(8-3-1-2-4-10(8)17-11)13(19)15-6-12-16-7-20-18-12/h1-5,7H,6H2,(H,15,19). The molecule has 1 amide bonds. The van der Waals surface area contributed by atoms with Gasteiger partial charge in [0.15, 0.2) is 5.82 Å². The number of para-hydroxylation sites is 1. The molecule has 0 spiro atoms. The molecule has 0 unspecified atom stereocenters. The van der Waals surface area contributed by atoms with Crippen LogP contribution in [0.5, 0.6) is 0 Å². The molecule has 0 bridgehead atoms. The zero-order valence-electron chi connectivity index (χ0n) is 10.2. The van der Waals surface area contributed by atoms with Gasteiger partial charge in [-0.2, -0.15) is 4.98 Å². The van der Waals surface area contributed by atoms with Crippen molar-refractivity contribution in [2.24, 2.45) is 0 Å². The first kappa shape index (κ1) is 12.6. The van der Waals surface area contributed by atoms with Crippen LogP contribution in [0.15, 0.2) is 41.2 Å². The number of nitrogens with one attached hydrogen (secondary N) is 1. The summed E-state index contributed by atoms with van der Waals surface area (Å²) in [6, 6.07) is 8.84. The van der Waals surface area contributed by atoms with Crippen molar-refractivity contribution < 1.29 is 9.32 Å². The molecule has 6 nitrogen and oxygen atoms in total. The summed E-state index contributed by atoms with van der Waals surface area (Å²) in [5, 5.41) is 7.34. The van der Waals surface area contributed by atoms with Crippen LogP contribution in [0.4, 0.5) is 0 Å². The van der Waals surface area contributed by atoms with Gasteiger partial charge in [0.1, 0.15) is 5.15 Å². The van der Waals surface area contributed by atoms with Crippen LogP contribution in [-0.2, 0) is 6.54 Å². The molecule has 0 saturated heterocycles. The highest BCUT2D eigenvalue weighted by atomic mass is 35.5. The molecule has 0 aliphatic heterocycles. The van der Waals surface area contributed by atoms with E-state index in [1.54, 1.807) is 6.07 Å². The Hall–Kier alpha value is -2.47. The van der Waals surface area contributed by atoms with Gasteiger partial charge in [-0.05, 0) is 12.1 Å². The summed E-state index contributed by atoms with van der Waals surface area (Å²) in [5.41, 5.74) is 1.13. The average Bonchev–Trinajstić information content (AvgIpc) is 2.97. The normalized spacial score (nSPS) is 10.7. The lowest BCUT2D eigenvalue weighted by Crippen LogP contribution is -2.23. The van der Waals surface area contributed by atoms with Crippen LogP contribution >= 0.6 is 11.6 Å². The fourth-order valence-corrected chi connectivity index (χ4v) is 2.06. The number of pyridine rings is 1. The Bertz CT molecular complexity index is 758. The Labute approximate surface area is 118 Å². The fraction of sp³-hybridized carbons (Fsp3) is 0.0769. The van der Waals surface area contributed by atoms with Crippen molar-refractivity contribution in [1.82, 2.24) is 20.4 Å². The monoisotopic (exact) mass is 288 g/mol. The molecular formula is C13H9ClN4O2. The Morgan fingerprint density at radius 1 is 1.35 bits per heavy atom. The third-order valence-corrected chi connectivity index (χ3v) is 2.94. The highest BCUT2D eigenvalue weighted by Gasteiger charge is 2.12. The summed E-state index contributed by atoms with van der Waals surface area (Å²) >= 11 is 5.94. The van der Waals surface area contributed by atoms with Crippen LogP contribution in [0.1, 0.15) is 16.2 Å². The van der Waals surface area contributed by atoms with Crippen molar-refractivity contribution in [1.29, 1.82) is 0 Å². The van der Waals surface area contributed by atoms with E-state index in [9.17, 15) is 4.79 Å². The molecule has 0 saturated carbocycles. The zero-order valence-corrected chi connectivity index (χ0v) is 11.0. The van der Waals surface area contributed by atoms with Crippen LogP contribution in [0.2, 0.25) is 5.15 Å². The fourth-order valence-electron chi connectivity index (χ4n) is 1.86. The highest BCUT2D eigenvalue weighted by molar-refractivity contribution is 6.30. The number of carbonyl (C=O) groups is 1. The van der Waals surface area contributed by atoms with Crippen LogP contribution in [0.3, 0.4) is 0 Å². The van der Waals surface area contributed by atoms with Gasteiger partial charge in [0.05, 0.1) is 17.6 Å². The van der Waals surface area contributed by atoms with Gasteiger partial charge in [0, 0.05) is 5.39 Å². The number of halogens is 1. The molecule has 7 heteroatoms. The SMILES string of the molecule is O=C(NCc1ncon1)c1cc(Cl)nc2ccccc12. The number of hydrogen-bond acceptors (Lipinski definition) is 5. The molecule has 0 aliphatic carbocycles. The summed E-state index contributed by atoms with van der Waals surface area (Å²) in [7, 11) is 0. The minimum absolute atomic E-state index is 0.184. The van der Waals surface area contributed by atoms with Crippen LogP contribution in [0, 0.1) is 0 Å². The maximum absolute atomic E-state index is 12.2. The van der Waals surface area contributed by atoms with Gasteiger partial charge in [-0.25, -0.2) is 4.98 Å². The first-order valence-corrected chi connectivity index (χ1v) is 6.20. The van der Waals surface area contributed by atoms with Crippen molar-refractivity contribution in [3.8, 4) is 0 Å². The van der Waals surface area contributed by atoms with Crippen molar-refractivity contribution in [2.75, 3.05) is 0 Å². The third kappa shape index (κ3) is 2.46. The Balaban J connectivity index is 1.90. The average molecular weight is 289 g/mol. The van der Waals surface area contributed by atoms with Gasteiger partial charge in [0.2, 0.25) is 6.39 Å². The number of benzene rings is 1. The Morgan fingerprint density at radius 2 is 2.20 bits per heavy atom. The molecular weight excluding hydrogens is 280 g/mol. The molecule has 100 valence electrons. The molecule has 0 aliphatic rings. The largest absolute Gasteiger partial charge is 0.345 e. The maximum atomic E-state index is 12.2. The number of rotatable bonds is 3. The van der Waals surface area contributed by atoms with E-state index in [0.717, 1.165) is 5.39 Å². The molecule has 20 heavy (non-hydrogen) atoms. The van der Waals surface area contributed by atoms with E-state index in [-0.39, 0.29) is 17.6 Å². The molecule has 2 aromatic heterocycles. The first-order chi connectivity index (χ1) is 9.74. The van der Waals surface area contributed by atoms with Gasteiger partial charge in [0.25, 0.3) is 5.91 Å². The van der Waals surface area contributed by atoms with E-state index in [1.807, 2.05) is 18.2 Å². The van der Waals surface area contributed by atoms with Crippen LogP contribution in [0.25, 0.3) is 10.9 Å². The number of carbonyl (C=O) groups excluding carboxylic acids is 1. The first-order valence-electron chi connectivity index (χ1n) is 5.83. The summed E-state index contributed by atoms with van der Waals surface area (Å²) in [5.74, 6) is 0.137. The van der Waals surface area contributed by atoms with Gasteiger partial charge < -0.3 is 9.84 Å². The van der Waals surface area contributed by atoms with E-state index in [2.05, 4.69) is 25.0 Å². The zero-order chi connectivity index (χ0) is 13.9. The number of nitrogens with zero attached hydrogens (tertiary/aromatic N) is 3. The van der Waals surface area contributed by atoms with E-state index >= 15 is 0 Å². The second-order valence-corrected chi connectivity index (χ2v) is 4.43. The topological polar surface area (TPSA) is 80.9 Å². The predicted octanol–water partition coefficient (Wildman–Crippen LogP) is 2.20. The summed E-state index contributed by atoms with van der Waals surface area (Å²) in [6.45, 7) is 0.184. The minimum Gasteiger partial charge on any atom is -0.345 e. The minimum atomic E-state index is -0.268. The van der Waals surface area contributed by atoms with Gasteiger partial charge in [-0.3, -0.25) is 4.79 Å². The molecule has 0 atom stereocenters. The van der Waals surface area contributed by atoms with Gasteiger partial charge in [-0.1, -0.05) is 35.0 Å². The van der Waals surface area contributed by atoms with Crippen molar-refractivity contribution in [3.63, 3.8) is 0 Å². The summed E-state index contributed by atoms with van der Waals surface area (Å²) < 4.78 is 4.60. The van der Waals surface area contributed by atoms with Crippen molar-refractivity contribution in [2.45, 2.75) is 6.54 Å². The lowest BCUT2D eigenvalue weighted by atomic mass is 10.1. The number of amides is 1. The molecule has 2 heterocycles.